The summed E-state index contributed by atoms with van der Waals surface area (Å²) in [5.41, 5.74) is 0.418. The number of alkyl halides is 3. The number of nitrogens with zero attached hydrogens (tertiary/aromatic N) is 4. The minimum atomic E-state index is -4.73. The highest BCUT2D eigenvalue weighted by atomic mass is 35.5. The van der Waals surface area contributed by atoms with E-state index in [9.17, 15) is 36.3 Å². The van der Waals surface area contributed by atoms with E-state index in [0.717, 1.165) is 26.6 Å². The quantitative estimate of drug-likeness (QED) is 0.202. The van der Waals surface area contributed by atoms with Gasteiger partial charge in [-0.1, -0.05) is 69.6 Å². The Labute approximate surface area is 300 Å². The van der Waals surface area contributed by atoms with Crippen molar-refractivity contribution in [1.29, 1.82) is 0 Å². The zero-order valence-corrected chi connectivity index (χ0v) is 30.9. The van der Waals surface area contributed by atoms with E-state index < -0.39 is 62.3 Å². The Morgan fingerprint density at radius 1 is 1.10 bits per heavy atom. The molecule has 0 saturated carbocycles. The fraction of sp³-hybridized carbons (Fsp3) is 0.500. The van der Waals surface area contributed by atoms with Crippen molar-refractivity contribution in [2.75, 3.05) is 26.2 Å². The summed E-state index contributed by atoms with van der Waals surface area (Å²) in [6.07, 6.45) is -6.07. The van der Waals surface area contributed by atoms with Gasteiger partial charge in [0.05, 0.1) is 40.0 Å². The molecule has 2 N–H and O–H groups in total. The molecule has 1 aromatic heterocycles. The Hall–Kier alpha value is -3.24. The third-order valence-corrected chi connectivity index (χ3v) is 11.4. The van der Waals surface area contributed by atoms with Gasteiger partial charge in [-0.15, -0.1) is 11.3 Å². The first-order valence-corrected chi connectivity index (χ1v) is 18.9. The van der Waals surface area contributed by atoms with Crippen molar-refractivity contribution in [3.05, 3.63) is 80.8 Å². The number of carbonyl (C=O) groups is 2. The highest BCUT2D eigenvalue weighted by Gasteiger charge is 2.41. The molecule has 1 fully saturated rings. The number of hydrogen-bond donors (Lipinski definition) is 2. The summed E-state index contributed by atoms with van der Waals surface area (Å²) in [5, 5.41) is 16.8. The summed E-state index contributed by atoms with van der Waals surface area (Å²) in [7, 11) is -4.50. The lowest BCUT2D eigenvalue weighted by Gasteiger charge is -2.34. The minimum Gasteiger partial charge on any atom is -0.390 e. The zero-order chi connectivity index (χ0) is 37.0. The van der Waals surface area contributed by atoms with E-state index in [0.29, 0.717) is 31.8 Å². The first kappa shape index (κ1) is 39.5. The fourth-order valence-corrected chi connectivity index (χ4v) is 8.69. The number of carbonyl (C=O) groups excluding carboxylic acids is 2. The molecular formula is C34H43ClF3N5O5S2. The molecule has 10 nitrogen and oxygen atoms in total. The van der Waals surface area contributed by atoms with Crippen LogP contribution in [0.3, 0.4) is 0 Å². The minimum absolute atomic E-state index is 0.0893. The second-order valence-electron chi connectivity index (χ2n) is 13.2. The van der Waals surface area contributed by atoms with Crippen LogP contribution in [0.25, 0.3) is 0 Å². The van der Waals surface area contributed by atoms with Crippen molar-refractivity contribution >= 4 is 44.9 Å². The number of hydrogen-bond acceptors (Lipinski definition) is 7. The Balaban J connectivity index is 1.60. The molecule has 0 aliphatic carbocycles. The summed E-state index contributed by atoms with van der Waals surface area (Å²) in [5.74, 6) is -1.06. The summed E-state index contributed by atoms with van der Waals surface area (Å²) in [6, 6.07) is 8.80. The Morgan fingerprint density at radius 2 is 1.78 bits per heavy atom. The van der Waals surface area contributed by atoms with E-state index in [2.05, 4.69) is 10.3 Å². The molecule has 4 rings (SSSR count). The summed E-state index contributed by atoms with van der Waals surface area (Å²) in [4.78, 5) is 34.6. The van der Waals surface area contributed by atoms with Crippen molar-refractivity contribution in [2.24, 2.45) is 11.8 Å². The number of benzene rings is 2. The lowest BCUT2D eigenvalue weighted by atomic mass is 9.97. The van der Waals surface area contributed by atoms with Gasteiger partial charge in [-0.3, -0.25) is 4.79 Å². The molecule has 3 atom stereocenters. The Kier molecular flexibility index (Phi) is 13.0. The number of aromatic nitrogens is 1. The van der Waals surface area contributed by atoms with Crippen LogP contribution in [0, 0.1) is 18.8 Å². The maximum absolute atomic E-state index is 14.0. The molecule has 0 bridgehead atoms. The number of aryl methyl sites for hydroxylation is 1. The van der Waals surface area contributed by atoms with Crippen molar-refractivity contribution in [3.63, 3.8) is 0 Å². The van der Waals surface area contributed by atoms with Crippen molar-refractivity contribution in [1.82, 2.24) is 24.4 Å². The maximum Gasteiger partial charge on any atom is 0.416 e. The van der Waals surface area contributed by atoms with E-state index in [-0.39, 0.29) is 30.8 Å². The Morgan fingerprint density at radius 3 is 2.34 bits per heavy atom. The molecule has 16 heteroatoms. The van der Waals surface area contributed by atoms with Gasteiger partial charge in [0.15, 0.2) is 0 Å². The van der Waals surface area contributed by atoms with Gasteiger partial charge in [-0.2, -0.15) is 17.5 Å². The molecule has 3 aromatic rings. The largest absolute Gasteiger partial charge is 0.416 e. The molecule has 0 spiro atoms. The lowest BCUT2D eigenvalue weighted by molar-refractivity contribution is -0.137. The van der Waals surface area contributed by atoms with E-state index >= 15 is 0 Å². The van der Waals surface area contributed by atoms with Crippen LogP contribution in [0.4, 0.5) is 18.0 Å². The van der Waals surface area contributed by atoms with E-state index in [4.69, 9.17) is 11.6 Å². The number of aliphatic hydroxyl groups is 1. The molecule has 1 aliphatic heterocycles. The monoisotopic (exact) mass is 757 g/mol. The average Bonchev–Trinajstić information content (AvgIpc) is 3.60. The van der Waals surface area contributed by atoms with Crippen LogP contribution in [-0.2, 0) is 34.0 Å². The number of amides is 3. The van der Waals surface area contributed by atoms with Gasteiger partial charge in [0, 0.05) is 31.6 Å². The van der Waals surface area contributed by atoms with Gasteiger partial charge in [-0.25, -0.2) is 18.2 Å². The second kappa shape index (κ2) is 16.4. The number of urea groups is 1. The van der Waals surface area contributed by atoms with Crippen LogP contribution in [0.2, 0.25) is 5.02 Å². The van der Waals surface area contributed by atoms with E-state index in [1.54, 1.807) is 43.0 Å². The first-order chi connectivity index (χ1) is 23.4. The maximum atomic E-state index is 14.0. The molecule has 0 unspecified atom stereocenters. The second-order valence-corrected chi connectivity index (χ2v) is 16.6. The third kappa shape index (κ3) is 9.75. The number of halogens is 4. The van der Waals surface area contributed by atoms with Gasteiger partial charge in [0.1, 0.15) is 10.9 Å². The number of rotatable bonds is 15. The lowest BCUT2D eigenvalue weighted by Crippen LogP contribution is -2.57. The SMILES string of the molecule is Cc1nc(CN2CCN([C@H](C(=O)N[C@@H](Cc3ccccc3)[C@H](O)CN(CC(C)C)S(=O)(=O)c3ccc(C(F)(F)F)cc3Cl)C(C)C)C2=O)cs1. The highest BCUT2D eigenvalue weighted by molar-refractivity contribution is 7.89. The number of nitrogens with one attached hydrogen (secondary N) is 1. The first-order valence-electron chi connectivity index (χ1n) is 16.2. The topological polar surface area (TPSA) is 123 Å². The molecule has 2 aromatic carbocycles. The van der Waals surface area contributed by atoms with Gasteiger partial charge in [-0.05, 0) is 48.9 Å². The summed E-state index contributed by atoms with van der Waals surface area (Å²) < 4.78 is 68.6. The van der Waals surface area contributed by atoms with Gasteiger partial charge in [0.2, 0.25) is 15.9 Å². The van der Waals surface area contributed by atoms with Crippen LogP contribution < -0.4 is 5.32 Å². The third-order valence-electron chi connectivity index (χ3n) is 8.31. The zero-order valence-electron chi connectivity index (χ0n) is 28.5. The van der Waals surface area contributed by atoms with Gasteiger partial charge in [0.25, 0.3) is 0 Å². The fourth-order valence-electron chi connectivity index (χ4n) is 5.95. The van der Waals surface area contributed by atoms with Crippen LogP contribution >= 0.6 is 22.9 Å². The molecule has 50 heavy (non-hydrogen) atoms. The van der Waals surface area contributed by atoms with Crippen molar-refractivity contribution < 1.29 is 36.3 Å². The highest BCUT2D eigenvalue weighted by Crippen LogP contribution is 2.34. The smallest absolute Gasteiger partial charge is 0.390 e. The van der Waals surface area contributed by atoms with E-state index in [1.165, 1.54) is 16.2 Å². The molecule has 1 saturated heterocycles. The molecule has 274 valence electrons. The van der Waals surface area contributed by atoms with Crippen LogP contribution in [0.5, 0.6) is 0 Å². The van der Waals surface area contributed by atoms with Crippen LogP contribution in [0.1, 0.15) is 49.5 Å². The molecular weight excluding hydrogens is 715 g/mol. The van der Waals surface area contributed by atoms with Crippen LogP contribution in [0.15, 0.2) is 58.8 Å². The number of sulfonamides is 1. The van der Waals surface area contributed by atoms with E-state index in [1.807, 2.05) is 32.2 Å². The van der Waals surface area contributed by atoms with Gasteiger partial charge >= 0.3 is 12.2 Å². The molecule has 3 amide bonds. The molecule has 2 heterocycles. The van der Waals surface area contributed by atoms with Crippen LogP contribution in [-0.4, -0.2) is 88.9 Å². The normalized spacial score (nSPS) is 16.1. The summed E-state index contributed by atoms with van der Waals surface area (Å²) in [6.45, 7) is 9.46. The predicted molar refractivity (Wildman–Crippen MR) is 186 cm³/mol. The molecule has 1 aliphatic rings. The average molecular weight is 758 g/mol. The Bertz CT molecular complexity index is 1740. The standard InChI is InChI=1S/C34H43ClF3N5O5S2/c1-21(2)17-42(50(47,48)30-12-11-25(16-27(30)35)34(36,37)38)19-29(44)28(15-24-9-7-6-8-10-24)40-32(45)31(22(3)4)43-14-13-41(33(43)46)18-26-20-49-23(5)39-26/h6-12,16,20-22,28-29,31,44H,13-15,17-19H2,1-5H3,(H,40,45)/t28-,29+,31-/m0/s1. The van der Waals surface area contributed by atoms with Gasteiger partial charge < -0.3 is 20.2 Å². The summed E-state index contributed by atoms with van der Waals surface area (Å²) >= 11 is 7.59. The van der Waals surface area contributed by atoms with Crippen molar-refractivity contribution in [3.8, 4) is 0 Å². The number of aliphatic hydroxyl groups excluding tert-OH is 1. The van der Waals surface area contributed by atoms with Crippen molar-refractivity contribution in [2.45, 2.75) is 76.8 Å². The predicted octanol–water partition coefficient (Wildman–Crippen LogP) is 5.82. The molecule has 0 radical (unpaired) electrons. The number of thiazole rings is 1.